The van der Waals surface area contributed by atoms with Crippen molar-refractivity contribution in [1.29, 1.82) is 0 Å². The van der Waals surface area contributed by atoms with Crippen molar-refractivity contribution in [2.75, 3.05) is 0 Å². The number of aromatic carboxylic acids is 1. The highest BCUT2D eigenvalue weighted by atomic mass is 32.1. The van der Waals surface area contributed by atoms with Crippen LogP contribution in [0, 0.1) is 13.8 Å². The summed E-state index contributed by atoms with van der Waals surface area (Å²) in [5, 5.41) is 13.4. The minimum absolute atomic E-state index is 0.376. The van der Waals surface area contributed by atoms with Gasteiger partial charge < -0.3 is 5.11 Å². The average Bonchev–Trinajstić information content (AvgIpc) is 2.81. The first-order chi connectivity index (χ1) is 8.02. The Labute approximate surface area is 104 Å². The number of carbonyl (C=O) groups is 1. The summed E-state index contributed by atoms with van der Waals surface area (Å²) in [6.45, 7) is 6.72. The summed E-state index contributed by atoms with van der Waals surface area (Å²) in [5.74, 6) is -0.870. The van der Waals surface area contributed by atoms with Crippen LogP contribution >= 0.6 is 11.3 Å². The Balaban J connectivity index is 2.52. The van der Waals surface area contributed by atoms with Gasteiger partial charge in [-0.1, -0.05) is 0 Å². The molecule has 5 heteroatoms. The van der Waals surface area contributed by atoms with Gasteiger partial charge in [-0.3, -0.25) is 4.68 Å². The average molecular weight is 250 g/mol. The van der Waals surface area contributed by atoms with E-state index in [0.29, 0.717) is 4.88 Å². The van der Waals surface area contributed by atoms with E-state index in [-0.39, 0.29) is 0 Å². The molecule has 0 radical (unpaired) electrons. The van der Waals surface area contributed by atoms with Gasteiger partial charge in [0.15, 0.2) is 0 Å². The Kier molecular flexibility index (Phi) is 3.02. The monoisotopic (exact) mass is 250 g/mol. The Hall–Kier alpha value is -1.62. The lowest BCUT2D eigenvalue weighted by atomic mass is 10.1. The highest BCUT2D eigenvalue weighted by Crippen LogP contribution is 2.34. The van der Waals surface area contributed by atoms with Crippen LogP contribution < -0.4 is 0 Å². The maximum atomic E-state index is 10.9. The van der Waals surface area contributed by atoms with Crippen molar-refractivity contribution in [3.8, 4) is 10.4 Å². The van der Waals surface area contributed by atoms with Gasteiger partial charge in [-0.15, -0.1) is 11.3 Å². The van der Waals surface area contributed by atoms with Crippen LogP contribution in [0.2, 0.25) is 0 Å². The zero-order valence-electron chi connectivity index (χ0n) is 10.0. The van der Waals surface area contributed by atoms with Gasteiger partial charge in [-0.25, -0.2) is 4.79 Å². The molecule has 0 saturated heterocycles. The van der Waals surface area contributed by atoms with Gasteiger partial charge in [0.25, 0.3) is 0 Å². The Morgan fingerprint density at radius 3 is 2.71 bits per heavy atom. The molecule has 1 N–H and O–H groups in total. The maximum absolute atomic E-state index is 10.9. The molecule has 0 unspecified atom stereocenters. The van der Waals surface area contributed by atoms with Gasteiger partial charge in [0, 0.05) is 23.2 Å². The fraction of sp³-hybridized carbons (Fsp3) is 0.333. The number of aryl methyl sites for hydroxylation is 3. The van der Waals surface area contributed by atoms with E-state index in [2.05, 4.69) is 5.10 Å². The molecule has 0 bridgehead atoms. The summed E-state index contributed by atoms with van der Waals surface area (Å²) in [6, 6.07) is 1.71. The molecule has 90 valence electrons. The number of rotatable bonds is 3. The van der Waals surface area contributed by atoms with Crippen molar-refractivity contribution in [2.45, 2.75) is 27.3 Å². The van der Waals surface area contributed by atoms with E-state index in [1.807, 2.05) is 31.6 Å². The summed E-state index contributed by atoms with van der Waals surface area (Å²) in [5.41, 5.74) is 2.96. The zero-order chi connectivity index (χ0) is 12.6. The second kappa shape index (κ2) is 4.33. The first-order valence-corrected chi connectivity index (χ1v) is 6.22. The molecule has 2 aromatic heterocycles. The molecule has 0 aromatic carbocycles. The molecule has 17 heavy (non-hydrogen) atoms. The van der Waals surface area contributed by atoms with Crippen LogP contribution in [0.4, 0.5) is 0 Å². The van der Waals surface area contributed by atoms with Crippen molar-refractivity contribution in [3.63, 3.8) is 0 Å². The van der Waals surface area contributed by atoms with Crippen LogP contribution in [0.3, 0.4) is 0 Å². The normalized spacial score (nSPS) is 10.8. The van der Waals surface area contributed by atoms with Gasteiger partial charge >= 0.3 is 5.97 Å². The molecule has 0 atom stereocenters. The quantitative estimate of drug-likeness (QED) is 0.911. The predicted octanol–water partition coefficient (Wildman–Crippen LogP) is 2.95. The Morgan fingerprint density at radius 2 is 2.24 bits per heavy atom. The molecule has 2 rings (SSSR count). The van der Waals surface area contributed by atoms with Gasteiger partial charge in [-0.2, -0.15) is 5.10 Å². The molecule has 0 aliphatic carbocycles. The van der Waals surface area contributed by atoms with E-state index >= 15 is 0 Å². The highest BCUT2D eigenvalue weighted by Gasteiger charge is 2.15. The zero-order valence-corrected chi connectivity index (χ0v) is 10.8. The third-order valence-electron chi connectivity index (χ3n) is 2.64. The number of nitrogens with zero attached hydrogens (tertiary/aromatic N) is 2. The van der Waals surface area contributed by atoms with E-state index in [9.17, 15) is 4.79 Å². The fourth-order valence-electron chi connectivity index (χ4n) is 1.76. The summed E-state index contributed by atoms with van der Waals surface area (Å²) >= 11 is 1.31. The topological polar surface area (TPSA) is 55.1 Å². The minimum Gasteiger partial charge on any atom is -0.477 e. The van der Waals surface area contributed by atoms with Crippen molar-refractivity contribution < 1.29 is 9.90 Å². The van der Waals surface area contributed by atoms with Gasteiger partial charge in [0.2, 0.25) is 0 Å². The molecule has 2 aromatic rings. The second-order valence-corrected chi connectivity index (χ2v) is 4.96. The fourth-order valence-corrected chi connectivity index (χ4v) is 2.83. The predicted molar refractivity (Wildman–Crippen MR) is 67.6 cm³/mol. The van der Waals surface area contributed by atoms with Crippen LogP contribution in [0.1, 0.15) is 27.9 Å². The number of hydrogen-bond acceptors (Lipinski definition) is 3. The lowest BCUT2D eigenvalue weighted by Gasteiger charge is -1.95. The third-order valence-corrected chi connectivity index (χ3v) is 3.90. The second-order valence-electron chi connectivity index (χ2n) is 3.91. The number of hydrogen-bond donors (Lipinski definition) is 1. The molecule has 0 fully saturated rings. The summed E-state index contributed by atoms with van der Waals surface area (Å²) < 4.78 is 1.87. The van der Waals surface area contributed by atoms with Crippen molar-refractivity contribution in [3.05, 3.63) is 28.4 Å². The minimum atomic E-state index is -0.870. The lowest BCUT2D eigenvalue weighted by molar-refractivity contribution is 0.0702. The standard InChI is InChI=1S/C12H14N2O2S/c1-4-14-6-9(8(3)13-14)11-7(2)5-10(17-11)12(15)16/h5-6H,4H2,1-3H3,(H,15,16). The smallest absolute Gasteiger partial charge is 0.345 e. The van der Waals surface area contributed by atoms with Crippen LogP contribution in [0.5, 0.6) is 0 Å². The van der Waals surface area contributed by atoms with Crippen LogP contribution in [0.25, 0.3) is 10.4 Å². The highest BCUT2D eigenvalue weighted by molar-refractivity contribution is 7.17. The number of thiophene rings is 1. The molecule has 0 aliphatic heterocycles. The molecular weight excluding hydrogens is 236 g/mol. The van der Waals surface area contributed by atoms with Crippen molar-refractivity contribution in [2.24, 2.45) is 0 Å². The van der Waals surface area contributed by atoms with Crippen molar-refractivity contribution in [1.82, 2.24) is 9.78 Å². The van der Waals surface area contributed by atoms with E-state index < -0.39 is 5.97 Å². The SMILES string of the molecule is CCn1cc(-c2sc(C(=O)O)cc2C)c(C)n1. The first kappa shape index (κ1) is 11.9. The summed E-state index contributed by atoms with van der Waals surface area (Å²) in [6.07, 6.45) is 1.97. The number of aromatic nitrogens is 2. The van der Waals surface area contributed by atoms with E-state index in [0.717, 1.165) is 28.2 Å². The summed E-state index contributed by atoms with van der Waals surface area (Å²) in [7, 11) is 0. The van der Waals surface area contributed by atoms with E-state index in [1.165, 1.54) is 11.3 Å². The van der Waals surface area contributed by atoms with Crippen LogP contribution in [0.15, 0.2) is 12.3 Å². The van der Waals surface area contributed by atoms with Gasteiger partial charge in [-0.05, 0) is 32.4 Å². The van der Waals surface area contributed by atoms with E-state index in [4.69, 9.17) is 5.11 Å². The Bertz CT molecular complexity index is 569. The molecular formula is C12H14N2O2S. The van der Waals surface area contributed by atoms with Crippen LogP contribution in [-0.4, -0.2) is 20.9 Å². The number of carboxylic acids is 1. The molecule has 2 heterocycles. The third kappa shape index (κ3) is 2.10. The largest absolute Gasteiger partial charge is 0.477 e. The Morgan fingerprint density at radius 1 is 1.53 bits per heavy atom. The maximum Gasteiger partial charge on any atom is 0.345 e. The van der Waals surface area contributed by atoms with E-state index in [1.54, 1.807) is 6.07 Å². The van der Waals surface area contributed by atoms with Gasteiger partial charge in [0.05, 0.1) is 5.69 Å². The summed E-state index contributed by atoms with van der Waals surface area (Å²) in [4.78, 5) is 12.3. The first-order valence-electron chi connectivity index (χ1n) is 5.41. The number of carboxylic acid groups (broad SMARTS) is 1. The molecule has 0 amide bonds. The van der Waals surface area contributed by atoms with Crippen molar-refractivity contribution >= 4 is 17.3 Å². The van der Waals surface area contributed by atoms with Crippen LogP contribution in [-0.2, 0) is 6.54 Å². The molecule has 4 nitrogen and oxygen atoms in total. The van der Waals surface area contributed by atoms with Gasteiger partial charge in [0.1, 0.15) is 4.88 Å². The molecule has 0 aliphatic rings. The molecule has 0 spiro atoms. The molecule has 0 saturated carbocycles. The lowest BCUT2D eigenvalue weighted by Crippen LogP contribution is -1.93.